The lowest BCUT2D eigenvalue weighted by Gasteiger charge is -2.14. The molecule has 0 unspecified atom stereocenters. The van der Waals surface area contributed by atoms with Crippen LogP contribution in [-0.2, 0) is 0 Å². The maximum Gasteiger partial charge on any atom is 0.164 e. The standard InChI is InChI=1S/C55H31N3OS/c1-2-14-33(15-3-1)53-56-54(58-55(57-53)43-24-12-26-48-50(43)42-19-8-9-25-47(42)60-48)41-23-11-20-38-39(41)21-10-22-40(38)44-30-36-28-27-32-13-6-7-18-37(32)49(36)52-51(44)45-29-34-16-4-5-17-35(34)31-46(45)59-52/h1-31H. The SMILES string of the molecule is c1ccc(-c2nc(-c3cccc4c(-c5cc6ccc7ccccc7c6c6oc7cc8ccccc8cc7c56)cccc34)nc(-c3cccc4sc5ccccc5c34)n2)cc1. The Kier molecular flexibility index (Phi) is 7.14. The fourth-order valence-corrected chi connectivity index (χ4v) is 10.5. The lowest BCUT2D eigenvalue weighted by molar-refractivity contribution is 0.673. The fraction of sp³-hybridized carbons (Fsp3) is 0. The lowest BCUT2D eigenvalue weighted by atomic mass is 9.89. The van der Waals surface area contributed by atoms with Gasteiger partial charge in [0.2, 0.25) is 0 Å². The highest BCUT2D eigenvalue weighted by Crippen LogP contribution is 2.47. The lowest BCUT2D eigenvalue weighted by Crippen LogP contribution is -2.01. The summed E-state index contributed by atoms with van der Waals surface area (Å²) in [6.45, 7) is 0. The number of aromatic nitrogens is 3. The van der Waals surface area contributed by atoms with Crippen LogP contribution in [0.15, 0.2) is 192 Å². The number of benzene rings is 10. The Morgan fingerprint density at radius 3 is 1.78 bits per heavy atom. The molecule has 3 heterocycles. The minimum Gasteiger partial charge on any atom is -0.455 e. The van der Waals surface area contributed by atoms with Crippen molar-refractivity contribution in [2.45, 2.75) is 0 Å². The summed E-state index contributed by atoms with van der Waals surface area (Å²) >= 11 is 1.80. The summed E-state index contributed by atoms with van der Waals surface area (Å²) in [7, 11) is 0. The molecule has 13 rings (SSSR count). The van der Waals surface area contributed by atoms with Crippen molar-refractivity contribution in [3.8, 4) is 45.3 Å². The Hall–Kier alpha value is -7.73. The van der Waals surface area contributed by atoms with E-state index in [4.69, 9.17) is 19.4 Å². The monoisotopic (exact) mass is 781 g/mol. The van der Waals surface area contributed by atoms with Gasteiger partial charge in [-0.15, -0.1) is 11.3 Å². The van der Waals surface area contributed by atoms with E-state index >= 15 is 0 Å². The molecule has 10 aromatic carbocycles. The van der Waals surface area contributed by atoms with Crippen molar-refractivity contribution in [2.75, 3.05) is 0 Å². The second-order valence-electron chi connectivity index (χ2n) is 15.5. The van der Waals surface area contributed by atoms with E-state index in [0.29, 0.717) is 17.5 Å². The first-order valence-electron chi connectivity index (χ1n) is 20.2. The predicted molar refractivity (Wildman–Crippen MR) is 252 cm³/mol. The van der Waals surface area contributed by atoms with Crippen molar-refractivity contribution in [1.29, 1.82) is 0 Å². The van der Waals surface area contributed by atoms with Gasteiger partial charge in [0.25, 0.3) is 0 Å². The molecule has 0 fully saturated rings. The van der Waals surface area contributed by atoms with Gasteiger partial charge >= 0.3 is 0 Å². The summed E-state index contributed by atoms with van der Waals surface area (Å²) in [6.07, 6.45) is 0. The van der Waals surface area contributed by atoms with Crippen molar-refractivity contribution in [3.63, 3.8) is 0 Å². The first kappa shape index (κ1) is 33.3. The summed E-state index contributed by atoms with van der Waals surface area (Å²) in [5.74, 6) is 1.93. The van der Waals surface area contributed by atoms with E-state index in [-0.39, 0.29) is 0 Å². The van der Waals surface area contributed by atoms with Crippen LogP contribution in [0.4, 0.5) is 0 Å². The molecule has 0 saturated heterocycles. The van der Waals surface area contributed by atoms with Crippen LogP contribution in [0.1, 0.15) is 0 Å². The van der Waals surface area contributed by atoms with E-state index in [9.17, 15) is 0 Å². The van der Waals surface area contributed by atoms with E-state index in [1.54, 1.807) is 11.3 Å². The minimum atomic E-state index is 0.633. The van der Waals surface area contributed by atoms with Gasteiger partial charge < -0.3 is 4.42 Å². The van der Waals surface area contributed by atoms with Crippen molar-refractivity contribution >= 4 is 96.5 Å². The number of nitrogens with zero attached hydrogens (tertiary/aromatic N) is 3. The Labute approximate surface area is 347 Å². The largest absolute Gasteiger partial charge is 0.455 e. The maximum absolute atomic E-state index is 6.98. The molecule has 0 saturated carbocycles. The molecule has 0 bridgehead atoms. The molecule has 0 aliphatic heterocycles. The summed E-state index contributed by atoms with van der Waals surface area (Å²) < 4.78 is 9.44. The van der Waals surface area contributed by atoms with Crippen LogP contribution in [0.2, 0.25) is 0 Å². The van der Waals surface area contributed by atoms with E-state index in [2.05, 4.69) is 170 Å². The zero-order chi connectivity index (χ0) is 39.3. The molecular weight excluding hydrogens is 751 g/mol. The van der Waals surface area contributed by atoms with Gasteiger partial charge in [0.1, 0.15) is 11.2 Å². The van der Waals surface area contributed by atoms with Crippen molar-refractivity contribution in [3.05, 3.63) is 188 Å². The molecule has 0 aliphatic rings. The average Bonchev–Trinajstić information content (AvgIpc) is 3.88. The molecule has 13 aromatic rings. The summed E-state index contributed by atoms with van der Waals surface area (Å²) in [5, 5.41) is 13.8. The number of hydrogen-bond acceptors (Lipinski definition) is 5. The third kappa shape index (κ3) is 5.00. The highest BCUT2D eigenvalue weighted by atomic mass is 32.1. The number of rotatable bonds is 4. The summed E-state index contributed by atoms with van der Waals surface area (Å²) in [6, 6.07) is 66.7. The Bertz CT molecular complexity index is 3900. The van der Waals surface area contributed by atoms with E-state index in [0.717, 1.165) is 76.7 Å². The van der Waals surface area contributed by atoms with Gasteiger partial charge in [-0.05, 0) is 79.2 Å². The van der Waals surface area contributed by atoms with Gasteiger partial charge in [0, 0.05) is 53.0 Å². The second-order valence-corrected chi connectivity index (χ2v) is 16.5. The molecule has 4 nitrogen and oxygen atoms in total. The Morgan fingerprint density at radius 2 is 0.933 bits per heavy atom. The number of hydrogen-bond donors (Lipinski definition) is 0. The van der Waals surface area contributed by atoms with Gasteiger partial charge in [-0.25, -0.2) is 15.0 Å². The normalized spacial score (nSPS) is 12.0. The van der Waals surface area contributed by atoms with Gasteiger partial charge in [-0.2, -0.15) is 0 Å². The summed E-state index contributed by atoms with van der Waals surface area (Å²) in [5.41, 5.74) is 6.92. The van der Waals surface area contributed by atoms with Crippen LogP contribution in [0.5, 0.6) is 0 Å². The maximum atomic E-state index is 6.98. The number of thiophene rings is 1. The summed E-state index contributed by atoms with van der Waals surface area (Å²) in [4.78, 5) is 15.7. The molecule has 0 amide bonds. The van der Waals surface area contributed by atoms with Crippen LogP contribution >= 0.6 is 11.3 Å². The highest BCUT2D eigenvalue weighted by molar-refractivity contribution is 7.25. The van der Waals surface area contributed by atoms with Crippen LogP contribution in [-0.4, -0.2) is 15.0 Å². The number of fused-ring (bicyclic) bond motifs is 12. The molecule has 0 spiro atoms. The van der Waals surface area contributed by atoms with E-state index < -0.39 is 0 Å². The predicted octanol–water partition coefficient (Wildman–Crippen LogP) is 15.4. The smallest absolute Gasteiger partial charge is 0.164 e. The van der Waals surface area contributed by atoms with E-state index in [1.807, 2.05) is 18.2 Å². The quantitative estimate of drug-likeness (QED) is 0.167. The van der Waals surface area contributed by atoms with Gasteiger partial charge in [0.05, 0.1) is 0 Å². The molecule has 60 heavy (non-hydrogen) atoms. The average molecular weight is 782 g/mol. The molecule has 0 radical (unpaired) electrons. The zero-order valence-corrected chi connectivity index (χ0v) is 32.9. The molecule has 5 heteroatoms. The van der Waals surface area contributed by atoms with Crippen LogP contribution < -0.4 is 0 Å². The van der Waals surface area contributed by atoms with Crippen LogP contribution in [0.3, 0.4) is 0 Å². The third-order valence-electron chi connectivity index (χ3n) is 12.1. The zero-order valence-electron chi connectivity index (χ0n) is 32.1. The van der Waals surface area contributed by atoms with Gasteiger partial charge in [-0.3, -0.25) is 0 Å². The van der Waals surface area contributed by atoms with Gasteiger partial charge in [-0.1, -0.05) is 158 Å². The Balaban J connectivity index is 1.09. The molecule has 0 atom stereocenters. The molecule has 3 aromatic heterocycles. The fourth-order valence-electron chi connectivity index (χ4n) is 9.36. The van der Waals surface area contributed by atoms with Crippen molar-refractivity contribution in [2.24, 2.45) is 0 Å². The first-order chi connectivity index (χ1) is 29.7. The molecule has 278 valence electrons. The topological polar surface area (TPSA) is 51.8 Å². The van der Waals surface area contributed by atoms with Crippen molar-refractivity contribution in [1.82, 2.24) is 15.0 Å². The second kappa shape index (κ2) is 12.9. The molecule has 0 N–H and O–H groups in total. The van der Waals surface area contributed by atoms with Gasteiger partial charge in [0.15, 0.2) is 17.5 Å². The van der Waals surface area contributed by atoms with Crippen molar-refractivity contribution < 1.29 is 4.42 Å². The van der Waals surface area contributed by atoms with Crippen LogP contribution in [0.25, 0.3) is 130 Å². The number of furan rings is 1. The van der Waals surface area contributed by atoms with Crippen LogP contribution in [0, 0.1) is 0 Å². The first-order valence-corrected chi connectivity index (χ1v) is 21.0. The Morgan fingerprint density at radius 1 is 0.333 bits per heavy atom. The molecular formula is C55H31N3OS. The van der Waals surface area contributed by atoms with E-state index in [1.165, 1.54) is 36.3 Å². The third-order valence-corrected chi connectivity index (χ3v) is 13.2. The molecule has 0 aliphatic carbocycles. The highest BCUT2D eigenvalue weighted by Gasteiger charge is 2.22. The minimum absolute atomic E-state index is 0.633.